The molecule has 0 saturated heterocycles. The molecule has 3 nitrogen and oxygen atoms in total. The summed E-state index contributed by atoms with van der Waals surface area (Å²) in [7, 11) is 8.50. The molecule has 0 amide bonds. The van der Waals surface area contributed by atoms with Crippen LogP contribution in [0.4, 0.5) is 0 Å². The highest BCUT2D eigenvalue weighted by Crippen LogP contribution is 1.73. The van der Waals surface area contributed by atoms with Gasteiger partial charge in [-0.05, 0) is 6.79 Å². The molecule has 0 aromatic heterocycles. The molecule has 52 valence electrons. The lowest BCUT2D eigenvalue weighted by Gasteiger charge is -2.14. The molecule has 0 rings (SSSR count). The summed E-state index contributed by atoms with van der Waals surface area (Å²) in [5.74, 6) is 0. The van der Waals surface area contributed by atoms with Crippen molar-refractivity contribution in [2.24, 2.45) is 0 Å². The van der Waals surface area contributed by atoms with Gasteiger partial charge in [0.1, 0.15) is 0 Å². The van der Waals surface area contributed by atoms with Crippen molar-refractivity contribution < 1.29 is 14.7 Å². The average molecular weight is 121 g/mol. The second-order valence-electron chi connectivity index (χ2n) is 2.81. The zero-order valence-corrected chi connectivity index (χ0v) is 6.01. The molecule has 0 aromatic carbocycles. The van der Waals surface area contributed by atoms with Crippen LogP contribution in [0, 0.1) is 0 Å². The summed E-state index contributed by atoms with van der Waals surface area (Å²) in [4.78, 5) is 0. The van der Waals surface area contributed by atoms with Crippen molar-refractivity contribution >= 4 is 0 Å². The summed E-state index contributed by atoms with van der Waals surface area (Å²) in [6, 6.07) is 0. The number of aliphatic hydroxyl groups excluding tert-OH is 1. The molecule has 0 spiro atoms. The van der Waals surface area contributed by atoms with Crippen LogP contribution >= 0.6 is 0 Å². The highest BCUT2D eigenvalue weighted by atomic mass is 16.5. The van der Waals surface area contributed by atoms with Gasteiger partial charge in [0.05, 0.1) is 28.2 Å². The lowest BCUT2D eigenvalue weighted by Crippen LogP contribution is -2.27. The average Bonchev–Trinajstić information content (AvgIpc) is 1.27. The SMILES string of the molecule is C[N+](C)(C)C.[O-]CO. The molecule has 0 aliphatic heterocycles. The first-order chi connectivity index (χ1) is 3.41. The number of nitrogens with zero attached hydrogens (tertiary/aromatic N) is 1. The van der Waals surface area contributed by atoms with Crippen LogP contribution in [-0.4, -0.2) is 44.6 Å². The second-order valence-corrected chi connectivity index (χ2v) is 2.81. The van der Waals surface area contributed by atoms with Crippen molar-refractivity contribution in [2.75, 3.05) is 35.0 Å². The smallest absolute Gasteiger partial charge is 0.0675 e. The highest BCUT2D eigenvalue weighted by molar-refractivity contribution is 3.87. The Morgan fingerprint density at radius 3 is 1.25 bits per heavy atom. The normalized spacial score (nSPS) is 9.75. The van der Waals surface area contributed by atoms with Crippen LogP contribution in [0.2, 0.25) is 0 Å². The van der Waals surface area contributed by atoms with E-state index in [2.05, 4.69) is 28.2 Å². The number of rotatable bonds is 0. The maximum Gasteiger partial charge on any atom is 0.0675 e. The van der Waals surface area contributed by atoms with Gasteiger partial charge in [-0.3, -0.25) is 0 Å². The third-order valence-corrected chi connectivity index (χ3v) is 0. The Hall–Kier alpha value is -0.120. The third-order valence-electron chi connectivity index (χ3n) is 0. The van der Waals surface area contributed by atoms with Crippen LogP contribution in [0.15, 0.2) is 0 Å². The van der Waals surface area contributed by atoms with Crippen LogP contribution in [0.3, 0.4) is 0 Å². The monoisotopic (exact) mass is 121 g/mol. The largest absolute Gasteiger partial charge is 0.834 e. The van der Waals surface area contributed by atoms with E-state index in [4.69, 9.17) is 10.2 Å². The van der Waals surface area contributed by atoms with E-state index in [1.54, 1.807) is 0 Å². The van der Waals surface area contributed by atoms with Crippen molar-refractivity contribution in [3.05, 3.63) is 0 Å². The van der Waals surface area contributed by atoms with Crippen molar-refractivity contribution in [1.29, 1.82) is 0 Å². The van der Waals surface area contributed by atoms with E-state index in [0.29, 0.717) is 0 Å². The molecular formula is C5H15NO2. The van der Waals surface area contributed by atoms with E-state index in [9.17, 15) is 0 Å². The van der Waals surface area contributed by atoms with E-state index in [0.717, 1.165) is 4.48 Å². The fraction of sp³-hybridized carbons (Fsp3) is 1.00. The molecule has 0 aliphatic rings. The Labute approximate surface area is 50.8 Å². The molecule has 8 heavy (non-hydrogen) atoms. The first-order valence-corrected chi connectivity index (χ1v) is 2.39. The van der Waals surface area contributed by atoms with Gasteiger partial charge < -0.3 is 14.7 Å². The Kier molecular flexibility index (Phi) is 6.78. The van der Waals surface area contributed by atoms with Gasteiger partial charge in [-0.15, -0.1) is 0 Å². The van der Waals surface area contributed by atoms with Crippen molar-refractivity contribution in [2.45, 2.75) is 0 Å². The molecule has 0 radical (unpaired) electrons. The number of hydrogen-bond donors (Lipinski definition) is 1. The van der Waals surface area contributed by atoms with Crippen molar-refractivity contribution in [1.82, 2.24) is 0 Å². The van der Waals surface area contributed by atoms with Crippen molar-refractivity contribution in [3.8, 4) is 0 Å². The van der Waals surface area contributed by atoms with E-state index in [-0.39, 0.29) is 0 Å². The van der Waals surface area contributed by atoms with Crippen LogP contribution < -0.4 is 5.11 Å². The zero-order chi connectivity index (χ0) is 7.21. The van der Waals surface area contributed by atoms with Crippen LogP contribution in [0.5, 0.6) is 0 Å². The first-order valence-electron chi connectivity index (χ1n) is 2.39. The van der Waals surface area contributed by atoms with Gasteiger partial charge >= 0.3 is 0 Å². The lowest BCUT2D eigenvalue weighted by atomic mass is 10.8. The minimum Gasteiger partial charge on any atom is -0.834 e. The van der Waals surface area contributed by atoms with Crippen molar-refractivity contribution in [3.63, 3.8) is 0 Å². The van der Waals surface area contributed by atoms with Gasteiger partial charge in [-0.2, -0.15) is 0 Å². The molecule has 0 heterocycles. The van der Waals surface area contributed by atoms with E-state index < -0.39 is 6.79 Å². The van der Waals surface area contributed by atoms with Gasteiger partial charge in [0.25, 0.3) is 0 Å². The lowest BCUT2D eigenvalue weighted by molar-refractivity contribution is -0.849. The van der Waals surface area contributed by atoms with Gasteiger partial charge in [0.15, 0.2) is 0 Å². The molecule has 0 atom stereocenters. The minimum absolute atomic E-state index is 1.00. The molecule has 3 heteroatoms. The molecule has 0 saturated carbocycles. The molecule has 0 bridgehead atoms. The van der Waals surface area contributed by atoms with E-state index >= 15 is 0 Å². The number of aliphatic hydroxyl groups is 1. The Balaban J connectivity index is 0. The van der Waals surface area contributed by atoms with E-state index in [1.165, 1.54) is 0 Å². The third kappa shape index (κ3) is 9720. The van der Waals surface area contributed by atoms with Gasteiger partial charge in [0.2, 0.25) is 0 Å². The van der Waals surface area contributed by atoms with Gasteiger partial charge in [0, 0.05) is 0 Å². The standard InChI is InChI=1S/C4H12N.CH3O2/c1-5(2,3)4;2-1-3/h1-4H3;2H,1H2/q+1;-1. The van der Waals surface area contributed by atoms with Gasteiger partial charge in [-0.1, -0.05) is 0 Å². The Morgan fingerprint density at radius 1 is 1.25 bits per heavy atom. The molecule has 0 aliphatic carbocycles. The second kappa shape index (κ2) is 5.03. The quantitative estimate of drug-likeness (QED) is 0.317. The summed E-state index contributed by atoms with van der Waals surface area (Å²) in [5.41, 5.74) is 0. The highest BCUT2D eigenvalue weighted by Gasteiger charge is 1.88. The summed E-state index contributed by atoms with van der Waals surface area (Å²) < 4.78 is 1.00. The predicted molar refractivity (Wildman–Crippen MR) is 31.0 cm³/mol. The first kappa shape index (κ1) is 10.8. The Morgan fingerprint density at radius 2 is 1.25 bits per heavy atom. The molecule has 0 unspecified atom stereocenters. The number of hydrogen-bond acceptors (Lipinski definition) is 2. The van der Waals surface area contributed by atoms with Crippen LogP contribution in [0.25, 0.3) is 0 Å². The summed E-state index contributed by atoms with van der Waals surface area (Å²) in [5, 5.41) is 15.5. The molecule has 1 N–H and O–H groups in total. The van der Waals surface area contributed by atoms with Crippen LogP contribution in [-0.2, 0) is 0 Å². The maximum absolute atomic E-state index is 8.49. The minimum atomic E-state index is -1.00. The predicted octanol–water partition coefficient (Wildman–Crippen LogP) is -1.38. The van der Waals surface area contributed by atoms with Gasteiger partial charge in [-0.25, -0.2) is 0 Å². The zero-order valence-electron chi connectivity index (χ0n) is 6.01. The summed E-state index contributed by atoms with van der Waals surface area (Å²) in [6.07, 6.45) is 0. The van der Waals surface area contributed by atoms with Crippen LogP contribution in [0.1, 0.15) is 0 Å². The molecular weight excluding hydrogens is 106 g/mol. The summed E-state index contributed by atoms with van der Waals surface area (Å²) >= 11 is 0. The fourth-order valence-corrected chi connectivity index (χ4v) is 0. The number of quaternary nitrogens is 1. The Bertz CT molecular complexity index is 34.2. The van der Waals surface area contributed by atoms with E-state index in [1.807, 2.05) is 0 Å². The fourth-order valence-electron chi connectivity index (χ4n) is 0. The molecule has 0 fully saturated rings. The topological polar surface area (TPSA) is 43.3 Å². The molecule has 0 aromatic rings. The maximum atomic E-state index is 8.49. The summed E-state index contributed by atoms with van der Waals surface area (Å²) in [6.45, 7) is -1.00.